The van der Waals surface area contributed by atoms with Gasteiger partial charge in [0.15, 0.2) is 0 Å². The van der Waals surface area contributed by atoms with Gasteiger partial charge in [-0.3, -0.25) is 0 Å². The molecule has 20 aromatic rings. The normalized spacial score (nSPS) is 11.8. The molecule has 0 bridgehead atoms. The summed E-state index contributed by atoms with van der Waals surface area (Å²) >= 11 is 0. The van der Waals surface area contributed by atoms with E-state index in [2.05, 4.69) is 54.6 Å². The third-order valence-electron chi connectivity index (χ3n) is 24.9. The van der Waals surface area contributed by atoms with Crippen molar-refractivity contribution in [1.29, 1.82) is 52.6 Å². The number of hydrogen-bond acceptors (Lipinski definition) is 10. The SMILES string of the molecule is N#Cc1ccc(-c2ccc3c(c2)c2ccccc2n3-c2cc(-c3ccc(C(F)(F)F)cc3C(F)(F)F)c(C#N)cc2-n2c3ccc(-c4ccc(C#N)cc4C#N)cc3c3ccc(-c4cc(-c5ccc6c7ccccc7n(-c7cc(-c8ccc(C(F)(F)F)cc8C(F)(F)F)c(C#N)cc7-n7c8ccccc8c8ccc(-c9ccc(C#N)cc9C#N)cc87)c6c5)c(C#N)cc4C#N)cc32)c(C#N)c1. The van der Waals surface area contributed by atoms with Crippen molar-refractivity contribution in [2.45, 2.75) is 24.7 Å². The van der Waals surface area contributed by atoms with Crippen LogP contribution in [0.15, 0.2) is 291 Å². The van der Waals surface area contributed by atoms with Gasteiger partial charge in [-0.1, -0.05) is 133 Å². The summed E-state index contributed by atoms with van der Waals surface area (Å²) in [5.74, 6) is 0. The molecule has 0 atom stereocenters. The molecular weight excluding hydrogens is 1750 g/mol. The topological polar surface area (TPSA) is 258 Å². The Morgan fingerprint density at radius 3 is 0.772 bits per heavy atom. The molecule has 0 aliphatic rings. The number of nitrogens with zero attached hydrogens (tertiary/aromatic N) is 14. The number of alkyl halides is 12. The van der Waals surface area contributed by atoms with Crippen molar-refractivity contribution in [2.24, 2.45) is 0 Å². The van der Waals surface area contributed by atoms with Gasteiger partial charge >= 0.3 is 24.7 Å². The molecule has 4 aromatic heterocycles. The lowest BCUT2D eigenvalue weighted by molar-refractivity contribution is -0.144. The zero-order valence-electron chi connectivity index (χ0n) is 69.5. The van der Waals surface area contributed by atoms with Gasteiger partial charge in [0.25, 0.3) is 0 Å². The highest BCUT2D eigenvalue weighted by atomic mass is 19.4. The van der Waals surface area contributed by atoms with Gasteiger partial charge in [0.1, 0.15) is 0 Å². The fourth-order valence-corrected chi connectivity index (χ4v) is 18.8. The van der Waals surface area contributed by atoms with Crippen molar-refractivity contribution in [3.05, 3.63) is 369 Å². The molecule has 0 aliphatic heterocycles. The van der Waals surface area contributed by atoms with Gasteiger partial charge in [-0.05, 0) is 213 Å². The standard InChI is InChI=1S/C110H48F12N14/c111-107(112,113)74-21-29-79(93(44-74)109(117,118)119)89-47-105(133-97-12-6-3-9-83(97)91-37-62(19-31-98(91)133)76-23-13-59(49-123)33-67(76)52-126)103(42-72(89)57-131)136-99-32-20-63(77-24-14-60(50-124)34-68(77)53-127)38-92(99)86-28-18-66(41-102(86)136)88-46-87(70(55-129)36-71(88)56-130)65-17-27-85-82-8-2-5-11-96(82)135(101(85)40-65)106-48-90(80-30-22-75(108(114,115)116)45-94(80)110(120,121)122)73(58-132)43-104(106)134-95-10-4-1-7-81(95)84-26-16-64(39-100(84)134)78-25-15-61(51-125)35-69(78)54-128/h1-48H. The Kier molecular flexibility index (Phi) is 19.9. The van der Waals surface area contributed by atoms with Crippen LogP contribution in [0.5, 0.6) is 0 Å². The lowest BCUT2D eigenvalue weighted by Gasteiger charge is -2.22. The summed E-state index contributed by atoms with van der Waals surface area (Å²) in [6, 6.07) is 92.5. The number of aromatic nitrogens is 4. The summed E-state index contributed by atoms with van der Waals surface area (Å²) in [6.07, 6.45) is -21.4. The van der Waals surface area contributed by atoms with Gasteiger partial charge < -0.3 is 18.3 Å². The minimum Gasteiger partial charge on any atom is -0.307 e. The van der Waals surface area contributed by atoms with E-state index < -0.39 is 80.3 Å². The Labute approximate surface area is 761 Å². The van der Waals surface area contributed by atoms with E-state index >= 15 is 26.3 Å². The number of rotatable bonds is 11. The molecule has 0 spiro atoms. The molecule has 0 saturated heterocycles. The molecule has 16 aromatic carbocycles. The molecule has 4 heterocycles. The fraction of sp³-hybridized carbons (Fsp3) is 0.0364. The van der Waals surface area contributed by atoms with Gasteiger partial charge in [-0.15, -0.1) is 0 Å². The van der Waals surface area contributed by atoms with E-state index in [0.29, 0.717) is 139 Å². The predicted octanol–water partition coefficient (Wildman–Crippen LogP) is 28.5. The molecule has 0 aliphatic carbocycles. The molecule has 0 fully saturated rings. The van der Waals surface area contributed by atoms with E-state index in [1.165, 1.54) is 60.7 Å². The van der Waals surface area contributed by atoms with Crippen LogP contribution >= 0.6 is 0 Å². The summed E-state index contributed by atoms with van der Waals surface area (Å²) < 4.78 is 190. The third-order valence-corrected chi connectivity index (χ3v) is 24.9. The largest absolute Gasteiger partial charge is 0.417 e. The fourth-order valence-electron chi connectivity index (χ4n) is 18.8. The first-order valence-corrected chi connectivity index (χ1v) is 41.3. The highest BCUT2D eigenvalue weighted by Gasteiger charge is 2.42. The lowest BCUT2D eigenvalue weighted by atomic mass is 9.90. The van der Waals surface area contributed by atoms with Crippen LogP contribution < -0.4 is 0 Å². The first kappa shape index (κ1) is 84.9. The van der Waals surface area contributed by atoms with Crippen LogP contribution in [0.3, 0.4) is 0 Å². The van der Waals surface area contributed by atoms with Crippen LogP contribution in [-0.2, 0) is 24.7 Å². The van der Waals surface area contributed by atoms with Gasteiger partial charge in [0.2, 0.25) is 0 Å². The third kappa shape index (κ3) is 13.8. The summed E-state index contributed by atoms with van der Waals surface area (Å²) in [5, 5.41) is 112. The number of fused-ring (bicyclic) bond motifs is 12. The highest BCUT2D eigenvalue weighted by molar-refractivity contribution is 6.16. The van der Waals surface area contributed by atoms with Crippen molar-refractivity contribution in [1.82, 2.24) is 18.3 Å². The van der Waals surface area contributed by atoms with Crippen molar-refractivity contribution in [3.8, 4) is 161 Å². The van der Waals surface area contributed by atoms with Crippen molar-refractivity contribution >= 4 is 87.2 Å². The Hall–Kier alpha value is -19.2. The zero-order valence-corrected chi connectivity index (χ0v) is 69.5. The molecule has 20 rings (SSSR count). The molecule has 136 heavy (non-hydrogen) atoms. The van der Waals surface area contributed by atoms with Crippen LogP contribution in [0, 0.1) is 113 Å². The molecule has 14 nitrogen and oxygen atoms in total. The molecule has 0 saturated carbocycles. The van der Waals surface area contributed by atoms with E-state index in [0.717, 1.165) is 0 Å². The quantitative estimate of drug-likeness (QED) is 0.111. The van der Waals surface area contributed by atoms with Crippen molar-refractivity contribution in [2.75, 3.05) is 0 Å². The van der Waals surface area contributed by atoms with Crippen LogP contribution in [0.25, 0.3) is 188 Å². The Bertz CT molecular complexity index is 9220. The van der Waals surface area contributed by atoms with Crippen LogP contribution in [-0.4, -0.2) is 18.3 Å². The molecule has 642 valence electrons. The van der Waals surface area contributed by atoms with Crippen LogP contribution in [0.2, 0.25) is 0 Å². The number of nitriles is 10. The molecule has 0 N–H and O–H groups in total. The van der Waals surface area contributed by atoms with E-state index in [9.17, 15) is 79.0 Å². The van der Waals surface area contributed by atoms with Crippen LogP contribution in [0.4, 0.5) is 52.7 Å². The van der Waals surface area contributed by atoms with Crippen LogP contribution in [0.1, 0.15) is 77.9 Å². The maximum atomic E-state index is 15.8. The lowest BCUT2D eigenvalue weighted by Crippen LogP contribution is -2.13. The Morgan fingerprint density at radius 1 is 0.176 bits per heavy atom. The maximum Gasteiger partial charge on any atom is 0.417 e. The molecular formula is C110H48F12N14. The van der Waals surface area contributed by atoms with Gasteiger partial charge in [0.05, 0.1) is 205 Å². The number of benzene rings is 16. The zero-order chi connectivity index (χ0) is 95.0. The predicted molar refractivity (Wildman–Crippen MR) is 489 cm³/mol. The average Bonchev–Trinajstić information content (AvgIpc) is 1.55. The smallest absolute Gasteiger partial charge is 0.307 e. The number of para-hydroxylation sites is 3. The minimum absolute atomic E-state index is 0.0146. The van der Waals surface area contributed by atoms with Gasteiger partial charge in [-0.2, -0.15) is 105 Å². The second-order valence-corrected chi connectivity index (χ2v) is 32.2. The summed E-state index contributed by atoms with van der Waals surface area (Å²) in [7, 11) is 0. The first-order chi connectivity index (χ1) is 65.5. The van der Waals surface area contributed by atoms with Crippen molar-refractivity contribution in [3.63, 3.8) is 0 Å². The van der Waals surface area contributed by atoms with E-state index in [4.69, 9.17) is 0 Å². The molecule has 0 unspecified atom stereocenters. The number of halogens is 12. The summed E-state index contributed by atoms with van der Waals surface area (Å²) in [4.78, 5) is 0. The summed E-state index contributed by atoms with van der Waals surface area (Å²) in [6.45, 7) is 0. The monoisotopic (exact) mass is 1790 g/mol. The molecule has 26 heteroatoms. The van der Waals surface area contributed by atoms with E-state index in [-0.39, 0.29) is 107 Å². The highest BCUT2D eigenvalue weighted by Crippen LogP contribution is 2.52. The van der Waals surface area contributed by atoms with E-state index in [1.54, 1.807) is 200 Å². The molecule has 0 amide bonds. The Balaban J connectivity index is 0.855. The van der Waals surface area contributed by atoms with Crippen molar-refractivity contribution < 1.29 is 52.7 Å². The van der Waals surface area contributed by atoms with Gasteiger partial charge in [0, 0.05) is 65.3 Å². The number of hydrogen-bond donors (Lipinski definition) is 0. The molecule has 0 radical (unpaired) electrons. The second kappa shape index (κ2) is 31.9. The summed E-state index contributed by atoms with van der Waals surface area (Å²) in [5.41, 5.74) is -2.28. The minimum atomic E-state index is -5.47. The van der Waals surface area contributed by atoms with Gasteiger partial charge in [-0.25, -0.2) is 0 Å². The van der Waals surface area contributed by atoms with E-state index in [1.807, 2.05) is 18.2 Å². The second-order valence-electron chi connectivity index (χ2n) is 32.2. The Morgan fingerprint density at radius 2 is 0.441 bits per heavy atom. The first-order valence-electron chi connectivity index (χ1n) is 41.3. The maximum absolute atomic E-state index is 15.8. The average molecular weight is 1790 g/mol.